The van der Waals surface area contributed by atoms with Crippen LogP contribution in [0.15, 0.2) is 12.4 Å². The van der Waals surface area contributed by atoms with Crippen molar-refractivity contribution < 1.29 is 0 Å². The minimum atomic E-state index is 0.446. The van der Waals surface area contributed by atoms with Gasteiger partial charge in [-0.05, 0) is 18.3 Å². The Hall–Kier alpha value is -0.830. The molecule has 1 heterocycles. The molecular weight excluding hydrogens is 222 g/mol. The molecule has 2 rings (SSSR count). The number of nitrogens with one attached hydrogen (secondary N) is 1. The normalized spacial score (nSPS) is 25.4. The highest BCUT2D eigenvalue weighted by atomic mass is 35.5. The van der Waals surface area contributed by atoms with E-state index < -0.39 is 0 Å². The predicted molar refractivity (Wildman–Crippen MR) is 66.7 cm³/mol. The quantitative estimate of drug-likeness (QED) is 0.879. The number of hydrogen-bond donors (Lipinski definition) is 1. The maximum atomic E-state index is 5.78. The van der Waals surface area contributed by atoms with Crippen molar-refractivity contribution in [3.05, 3.63) is 17.5 Å². The Morgan fingerprint density at radius 3 is 2.94 bits per heavy atom. The molecule has 0 saturated heterocycles. The van der Waals surface area contributed by atoms with E-state index in [1.54, 1.807) is 12.4 Å². The van der Waals surface area contributed by atoms with Gasteiger partial charge in [-0.15, -0.1) is 0 Å². The summed E-state index contributed by atoms with van der Waals surface area (Å²) in [6.07, 6.45) is 8.69. The number of aromatic nitrogens is 2. The van der Waals surface area contributed by atoms with Gasteiger partial charge in [-0.2, -0.15) is 0 Å². The molecule has 1 aromatic heterocycles. The molecule has 1 aliphatic rings. The third-order valence-corrected chi connectivity index (χ3v) is 3.62. The van der Waals surface area contributed by atoms with E-state index in [-0.39, 0.29) is 0 Å². The Labute approximate surface area is 102 Å². The summed E-state index contributed by atoms with van der Waals surface area (Å²) in [5, 5.41) is 3.77. The van der Waals surface area contributed by atoms with Gasteiger partial charge in [0.1, 0.15) is 11.0 Å². The summed E-state index contributed by atoms with van der Waals surface area (Å²) in [5.41, 5.74) is 0. The molecule has 2 atom stereocenters. The second-order valence-electron chi connectivity index (χ2n) is 4.63. The van der Waals surface area contributed by atoms with Gasteiger partial charge >= 0.3 is 0 Å². The number of halogens is 1. The molecule has 16 heavy (non-hydrogen) atoms. The molecule has 3 nitrogen and oxygen atoms in total. The van der Waals surface area contributed by atoms with Crippen LogP contribution < -0.4 is 5.32 Å². The highest BCUT2D eigenvalue weighted by molar-refractivity contribution is 6.29. The van der Waals surface area contributed by atoms with Crippen molar-refractivity contribution in [1.82, 2.24) is 9.97 Å². The van der Waals surface area contributed by atoms with Crippen LogP contribution in [-0.4, -0.2) is 16.5 Å². The van der Waals surface area contributed by atoms with Crippen molar-refractivity contribution in [2.45, 2.75) is 32.6 Å². The lowest BCUT2D eigenvalue weighted by Crippen LogP contribution is -2.24. The Morgan fingerprint density at radius 2 is 2.19 bits per heavy atom. The van der Waals surface area contributed by atoms with Crippen LogP contribution in [-0.2, 0) is 0 Å². The van der Waals surface area contributed by atoms with E-state index >= 15 is 0 Å². The third-order valence-electron chi connectivity index (χ3n) is 3.44. The first kappa shape index (κ1) is 11.6. The van der Waals surface area contributed by atoms with E-state index in [2.05, 4.69) is 22.2 Å². The molecule has 1 fully saturated rings. The van der Waals surface area contributed by atoms with Gasteiger partial charge in [0.15, 0.2) is 0 Å². The fraction of sp³-hybridized carbons (Fsp3) is 0.667. The number of nitrogens with zero attached hydrogens (tertiary/aromatic N) is 2. The fourth-order valence-corrected chi connectivity index (χ4v) is 2.51. The van der Waals surface area contributed by atoms with Gasteiger partial charge in [-0.25, -0.2) is 4.98 Å². The Kier molecular flexibility index (Phi) is 3.99. The van der Waals surface area contributed by atoms with Crippen LogP contribution in [0.25, 0.3) is 0 Å². The smallest absolute Gasteiger partial charge is 0.149 e. The van der Waals surface area contributed by atoms with Crippen molar-refractivity contribution >= 4 is 17.4 Å². The van der Waals surface area contributed by atoms with E-state index in [1.807, 2.05) is 0 Å². The average Bonchev–Trinajstić information content (AvgIpc) is 2.28. The molecule has 1 N–H and O–H groups in total. The summed E-state index contributed by atoms with van der Waals surface area (Å²) in [6.45, 7) is 3.32. The number of anilines is 1. The standard InChI is InChI=1S/C12H18ClN3/c1-9-4-2-3-5-10(9)6-15-12-8-14-7-11(13)16-12/h7-10H,2-6H2,1H3,(H,15,16). The van der Waals surface area contributed by atoms with Crippen molar-refractivity contribution in [2.75, 3.05) is 11.9 Å². The van der Waals surface area contributed by atoms with Gasteiger partial charge in [0.2, 0.25) is 0 Å². The number of rotatable bonds is 3. The largest absolute Gasteiger partial charge is 0.368 e. The Balaban J connectivity index is 1.86. The zero-order valence-electron chi connectivity index (χ0n) is 9.62. The third kappa shape index (κ3) is 3.08. The Bertz CT molecular complexity index is 343. The van der Waals surface area contributed by atoms with Crippen LogP contribution in [0.4, 0.5) is 5.82 Å². The lowest BCUT2D eigenvalue weighted by Gasteiger charge is -2.28. The maximum absolute atomic E-state index is 5.78. The lowest BCUT2D eigenvalue weighted by molar-refractivity contribution is 0.268. The van der Waals surface area contributed by atoms with Crippen molar-refractivity contribution in [3.63, 3.8) is 0 Å². The lowest BCUT2D eigenvalue weighted by atomic mass is 9.80. The minimum absolute atomic E-state index is 0.446. The van der Waals surface area contributed by atoms with Crippen molar-refractivity contribution in [2.24, 2.45) is 11.8 Å². The van der Waals surface area contributed by atoms with Crippen molar-refractivity contribution in [3.8, 4) is 0 Å². The molecule has 0 aliphatic heterocycles. The van der Waals surface area contributed by atoms with Gasteiger partial charge in [-0.3, -0.25) is 4.98 Å². The zero-order chi connectivity index (χ0) is 11.4. The van der Waals surface area contributed by atoms with E-state index in [0.717, 1.165) is 24.2 Å². The first-order valence-electron chi connectivity index (χ1n) is 5.97. The van der Waals surface area contributed by atoms with Gasteiger partial charge in [0, 0.05) is 6.54 Å². The molecule has 88 valence electrons. The topological polar surface area (TPSA) is 37.8 Å². The molecule has 1 aliphatic carbocycles. The summed E-state index contributed by atoms with van der Waals surface area (Å²) in [4.78, 5) is 8.18. The molecule has 0 spiro atoms. The molecular formula is C12H18ClN3. The van der Waals surface area contributed by atoms with E-state index in [1.165, 1.54) is 25.7 Å². The average molecular weight is 240 g/mol. The second-order valence-corrected chi connectivity index (χ2v) is 5.02. The molecule has 1 saturated carbocycles. The molecule has 0 bridgehead atoms. The van der Waals surface area contributed by atoms with Crippen LogP contribution in [0.3, 0.4) is 0 Å². The van der Waals surface area contributed by atoms with Gasteiger partial charge < -0.3 is 5.32 Å². The van der Waals surface area contributed by atoms with Gasteiger partial charge in [-0.1, -0.05) is 37.8 Å². The van der Waals surface area contributed by atoms with E-state index in [0.29, 0.717) is 5.15 Å². The van der Waals surface area contributed by atoms with Crippen molar-refractivity contribution in [1.29, 1.82) is 0 Å². The minimum Gasteiger partial charge on any atom is -0.368 e. The summed E-state index contributed by atoms with van der Waals surface area (Å²) in [6, 6.07) is 0. The Morgan fingerprint density at radius 1 is 1.38 bits per heavy atom. The summed E-state index contributed by atoms with van der Waals surface area (Å²) < 4.78 is 0. The molecule has 0 aromatic carbocycles. The van der Waals surface area contributed by atoms with Crippen LogP contribution in [0.5, 0.6) is 0 Å². The molecule has 1 aromatic rings. The maximum Gasteiger partial charge on any atom is 0.149 e. The van der Waals surface area contributed by atoms with Crippen LogP contribution in [0.2, 0.25) is 5.15 Å². The fourth-order valence-electron chi connectivity index (χ4n) is 2.36. The predicted octanol–water partition coefficient (Wildman–Crippen LogP) is 3.37. The monoisotopic (exact) mass is 239 g/mol. The summed E-state index contributed by atoms with van der Waals surface area (Å²) >= 11 is 5.78. The second kappa shape index (κ2) is 5.48. The van der Waals surface area contributed by atoms with E-state index in [4.69, 9.17) is 11.6 Å². The van der Waals surface area contributed by atoms with Gasteiger partial charge in [0.05, 0.1) is 12.4 Å². The molecule has 4 heteroatoms. The van der Waals surface area contributed by atoms with Gasteiger partial charge in [0.25, 0.3) is 0 Å². The zero-order valence-corrected chi connectivity index (χ0v) is 10.4. The first-order chi connectivity index (χ1) is 7.75. The first-order valence-corrected chi connectivity index (χ1v) is 6.35. The molecule has 0 radical (unpaired) electrons. The number of hydrogen-bond acceptors (Lipinski definition) is 3. The SMILES string of the molecule is CC1CCCCC1CNc1cncc(Cl)n1. The van der Waals surface area contributed by atoms with E-state index in [9.17, 15) is 0 Å². The van der Waals surface area contributed by atoms with Crippen LogP contribution in [0.1, 0.15) is 32.6 Å². The highest BCUT2D eigenvalue weighted by Gasteiger charge is 2.20. The van der Waals surface area contributed by atoms with Crippen LogP contribution >= 0.6 is 11.6 Å². The highest BCUT2D eigenvalue weighted by Crippen LogP contribution is 2.29. The molecule has 0 amide bonds. The summed E-state index contributed by atoms with van der Waals surface area (Å²) in [7, 11) is 0. The molecule has 2 unspecified atom stereocenters. The summed E-state index contributed by atoms with van der Waals surface area (Å²) in [5.74, 6) is 2.35. The van der Waals surface area contributed by atoms with Crippen LogP contribution in [0, 0.1) is 11.8 Å².